The summed E-state index contributed by atoms with van der Waals surface area (Å²) in [6, 6.07) is 6.91. The van der Waals surface area contributed by atoms with Gasteiger partial charge in [-0.05, 0) is 30.7 Å². The number of hydrogen-bond acceptors (Lipinski definition) is 8. The Bertz CT molecular complexity index is 822. The summed E-state index contributed by atoms with van der Waals surface area (Å²) in [5.41, 5.74) is -0.230. The number of aromatic nitrogens is 1. The zero-order chi connectivity index (χ0) is 19.1. The summed E-state index contributed by atoms with van der Waals surface area (Å²) in [5, 5.41) is 24.5. The van der Waals surface area contributed by atoms with E-state index in [4.69, 9.17) is 4.74 Å². The Morgan fingerprint density at radius 1 is 1.19 bits per heavy atom. The molecule has 0 aliphatic heterocycles. The van der Waals surface area contributed by atoms with Crippen LogP contribution in [0.4, 0.5) is 22.9 Å². The Morgan fingerprint density at radius 3 is 2.46 bits per heavy atom. The van der Waals surface area contributed by atoms with Crippen molar-refractivity contribution in [1.29, 1.82) is 0 Å². The van der Waals surface area contributed by atoms with E-state index in [1.807, 2.05) is 6.92 Å². The summed E-state index contributed by atoms with van der Waals surface area (Å²) < 4.78 is 5.09. The minimum atomic E-state index is -0.762. The molecule has 0 spiro atoms. The van der Waals surface area contributed by atoms with E-state index < -0.39 is 27.2 Å². The minimum absolute atomic E-state index is 0.140. The molecule has 0 unspecified atom stereocenters. The van der Waals surface area contributed by atoms with Gasteiger partial charge >= 0.3 is 11.7 Å². The molecular weight excluding hydrogens is 344 g/mol. The molecule has 26 heavy (non-hydrogen) atoms. The molecule has 1 heterocycles. The van der Waals surface area contributed by atoms with Gasteiger partial charge in [-0.25, -0.2) is 9.78 Å². The molecule has 0 saturated carbocycles. The van der Waals surface area contributed by atoms with Crippen LogP contribution in [0.15, 0.2) is 36.5 Å². The summed E-state index contributed by atoms with van der Waals surface area (Å²) in [5.74, 6) is -0.594. The van der Waals surface area contributed by atoms with Crippen LogP contribution < -0.4 is 5.32 Å². The third-order valence-electron chi connectivity index (χ3n) is 3.38. The smallest absolute Gasteiger partial charge is 0.338 e. The number of esters is 1. The average Bonchev–Trinajstić information content (AvgIpc) is 2.62. The molecular formula is C16H16N4O6. The molecule has 0 bridgehead atoms. The molecule has 0 radical (unpaired) electrons. The number of ether oxygens (including phenoxy) is 1. The largest absolute Gasteiger partial charge is 0.462 e. The van der Waals surface area contributed by atoms with Crippen LogP contribution in [0.5, 0.6) is 0 Å². The maximum Gasteiger partial charge on any atom is 0.338 e. The molecule has 10 heteroatoms. The number of pyridine rings is 1. The van der Waals surface area contributed by atoms with Gasteiger partial charge in [0.2, 0.25) is 5.82 Å². The van der Waals surface area contributed by atoms with E-state index in [-0.39, 0.29) is 5.82 Å². The SMILES string of the molecule is CCCCOC(=O)c1ccc(Nc2ncc([N+](=O)[O-])cc2[N+](=O)[O-])cc1. The quantitative estimate of drug-likeness (QED) is 0.326. The van der Waals surface area contributed by atoms with Crippen LogP contribution in [0.2, 0.25) is 0 Å². The topological polar surface area (TPSA) is 138 Å². The molecule has 1 aromatic carbocycles. The maximum atomic E-state index is 11.8. The number of benzene rings is 1. The summed E-state index contributed by atoms with van der Waals surface area (Å²) in [4.78, 5) is 35.9. The van der Waals surface area contributed by atoms with Crippen LogP contribution in [0.1, 0.15) is 30.1 Å². The maximum absolute atomic E-state index is 11.8. The van der Waals surface area contributed by atoms with E-state index in [0.717, 1.165) is 25.1 Å². The number of anilines is 2. The van der Waals surface area contributed by atoms with Gasteiger partial charge in [0.1, 0.15) is 6.20 Å². The van der Waals surface area contributed by atoms with Crippen molar-refractivity contribution >= 4 is 28.8 Å². The number of nitrogens with one attached hydrogen (secondary N) is 1. The lowest BCUT2D eigenvalue weighted by molar-refractivity contribution is -0.394. The van der Waals surface area contributed by atoms with Crippen LogP contribution >= 0.6 is 0 Å². The normalized spacial score (nSPS) is 10.2. The molecule has 0 atom stereocenters. The Morgan fingerprint density at radius 2 is 1.88 bits per heavy atom. The second-order valence-corrected chi connectivity index (χ2v) is 5.27. The number of carbonyl (C=O) groups is 1. The second kappa shape index (κ2) is 8.51. The zero-order valence-electron chi connectivity index (χ0n) is 13.9. The highest BCUT2D eigenvalue weighted by Gasteiger charge is 2.21. The van der Waals surface area contributed by atoms with Crippen LogP contribution in [0, 0.1) is 20.2 Å². The molecule has 0 fully saturated rings. The standard InChI is InChI=1S/C16H16N4O6/c1-2-3-8-26-16(21)11-4-6-12(7-5-11)18-15-14(20(24)25)9-13(10-17-15)19(22)23/h4-7,9-10H,2-3,8H2,1H3,(H,17,18). The van der Waals surface area contributed by atoms with Crippen molar-refractivity contribution in [3.63, 3.8) is 0 Å². The zero-order valence-corrected chi connectivity index (χ0v) is 13.9. The van der Waals surface area contributed by atoms with E-state index in [1.165, 1.54) is 24.3 Å². The fourth-order valence-corrected chi connectivity index (χ4v) is 2.00. The van der Waals surface area contributed by atoms with Gasteiger partial charge in [0.15, 0.2) is 0 Å². The molecule has 0 saturated heterocycles. The number of hydrogen-bond donors (Lipinski definition) is 1. The van der Waals surface area contributed by atoms with Gasteiger partial charge in [0.05, 0.1) is 28.1 Å². The van der Waals surface area contributed by atoms with Crippen molar-refractivity contribution in [2.75, 3.05) is 11.9 Å². The van der Waals surface area contributed by atoms with Crippen molar-refractivity contribution in [3.05, 3.63) is 62.3 Å². The fraction of sp³-hybridized carbons (Fsp3) is 0.250. The van der Waals surface area contributed by atoms with Gasteiger partial charge in [0, 0.05) is 5.69 Å². The number of carbonyl (C=O) groups excluding carboxylic acids is 1. The van der Waals surface area contributed by atoms with Gasteiger partial charge in [-0.15, -0.1) is 0 Å². The molecule has 10 nitrogen and oxygen atoms in total. The van der Waals surface area contributed by atoms with Crippen molar-refractivity contribution in [1.82, 2.24) is 4.98 Å². The predicted molar refractivity (Wildman–Crippen MR) is 92.5 cm³/mol. The van der Waals surface area contributed by atoms with Gasteiger partial charge in [0.25, 0.3) is 5.69 Å². The Balaban J connectivity index is 2.15. The Labute approximate surface area is 148 Å². The van der Waals surface area contributed by atoms with Crippen LogP contribution in [0.25, 0.3) is 0 Å². The second-order valence-electron chi connectivity index (χ2n) is 5.27. The van der Waals surface area contributed by atoms with Crippen molar-refractivity contribution in [3.8, 4) is 0 Å². The first-order valence-corrected chi connectivity index (χ1v) is 7.75. The number of rotatable bonds is 8. The summed E-state index contributed by atoms with van der Waals surface area (Å²) in [7, 11) is 0. The van der Waals surface area contributed by atoms with Crippen LogP contribution in [-0.2, 0) is 4.74 Å². The lowest BCUT2D eigenvalue weighted by Gasteiger charge is -2.07. The highest BCUT2D eigenvalue weighted by Crippen LogP contribution is 2.28. The highest BCUT2D eigenvalue weighted by molar-refractivity contribution is 5.90. The molecule has 2 rings (SSSR count). The third-order valence-corrected chi connectivity index (χ3v) is 3.38. The molecule has 1 aromatic heterocycles. The first-order valence-electron chi connectivity index (χ1n) is 7.75. The number of nitro groups is 2. The average molecular weight is 360 g/mol. The summed E-state index contributed by atoms with van der Waals surface area (Å²) >= 11 is 0. The lowest BCUT2D eigenvalue weighted by atomic mass is 10.2. The summed E-state index contributed by atoms with van der Waals surface area (Å²) in [6.45, 7) is 2.33. The highest BCUT2D eigenvalue weighted by atomic mass is 16.6. The first-order chi connectivity index (χ1) is 12.4. The monoisotopic (exact) mass is 360 g/mol. The molecule has 0 amide bonds. The molecule has 0 aliphatic rings. The van der Waals surface area contributed by atoms with Crippen LogP contribution in [-0.4, -0.2) is 27.4 Å². The Kier molecular flexibility index (Phi) is 6.15. The number of unbranched alkanes of at least 4 members (excludes halogenated alkanes) is 1. The van der Waals surface area contributed by atoms with E-state index >= 15 is 0 Å². The van der Waals surface area contributed by atoms with Crippen LogP contribution in [0.3, 0.4) is 0 Å². The van der Waals surface area contributed by atoms with E-state index in [0.29, 0.717) is 17.9 Å². The van der Waals surface area contributed by atoms with Gasteiger partial charge < -0.3 is 10.1 Å². The van der Waals surface area contributed by atoms with Gasteiger partial charge in [-0.2, -0.15) is 0 Å². The first kappa shape index (κ1) is 18.8. The molecule has 2 aromatic rings. The summed E-state index contributed by atoms with van der Waals surface area (Å²) in [6.07, 6.45) is 2.62. The van der Waals surface area contributed by atoms with Crippen molar-refractivity contribution < 1.29 is 19.4 Å². The van der Waals surface area contributed by atoms with E-state index in [2.05, 4.69) is 10.3 Å². The third kappa shape index (κ3) is 4.72. The molecule has 1 N–H and O–H groups in total. The van der Waals surface area contributed by atoms with Crippen molar-refractivity contribution in [2.24, 2.45) is 0 Å². The predicted octanol–water partition coefficient (Wildman–Crippen LogP) is 3.60. The van der Waals surface area contributed by atoms with Gasteiger partial charge in [-0.1, -0.05) is 13.3 Å². The number of nitrogens with zero attached hydrogens (tertiary/aromatic N) is 3. The van der Waals surface area contributed by atoms with Crippen molar-refractivity contribution in [2.45, 2.75) is 19.8 Å². The Hall–Kier alpha value is -3.56. The molecule has 0 aliphatic carbocycles. The minimum Gasteiger partial charge on any atom is -0.462 e. The molecule has 136 valence electrons. The van der Waals surface area contributed by atoms with E-state index in [1.54, 1.807) is 0 Å². The lowest BCUT2D eigenvalue weighted by Crippen LogP contribution is -2.06. The van der Waals surface area contributed by atoms with Gasteiger partial charge in [-0.3, -0.25) is 20.2 Å². The fourth-order valence-electron chi connectivity index (χ4n) is 2.00. The van der Waals surface area contributed by atoms with E-state index in [9.17, 15) is 25.0 Å².